The molecule has 0 unspecified atom stereocenters. The lowest BCUT2D eigenvalue weighted by molar-refractivity contribution is 0.102. The van der Waals surface area contributed by atoms with Gasteiger partial charge in [0.05, 0.1) is 5.69 Å². The second-order valence-corrected chi connectivity index (χ2v) is 5.10. The molecule has 2 N–H and O–H groups in total. The van der Waals surface area contributed by atoms with Gasteiger partial charge in [0.1, 0.15) is 6.61 Å². The maximum Gasteiger partial charge on any atom is 0.257 e. The van der Waals surface area contributed by atoms with Gasteiger partial charge >= 0.3 is 0 Å². The van der Waals surface area contributed by atoms with Gasteiger partial charge in [-0.15, -0.1) is 11.3 Å². The first-order valence-corrected chi connectivity index (χ1v) is 6.92. The third-order valence-corrected chi connectivity index (χ3v) is 3.51. The van der Waals surface area contributed by atoms with Gasteiger partial charge in [0, 0.05) is 16.5 Å². The van der Waals surface area contributed by atoms with Crippen molar-refractivity contribution in [3.63, 3.8) is 0 Å². The Kier molecular flexibility index (Phi) is 4.51. The second-order valence-electron chi connectivity index (χ2n) is 4.24. The van der Waals surface area contributed by atoms with Crippen molar-refractivity contribution in [2.24, 2.45) is 0 Å². The third-order valence-electron chi connectivity index (χ3n) is 2.63. The van der Waals surface area contributed by atoms with Gasteiger partial charge in [0.15, 0.2) is 5.13 Å². The summed E-state index contributed by atoms with van der Waals surface area (Å²) in [5, 5.41) is 13.9. The highest BCUT2D eigenvalue weighted by atomic mass is 32.1. The maximum absolute atomic E-state index is 12.1. The lowest BCUT2D eigenvalue weighted by Gasteiger charge is -2.04. The van der Waals surface area contributed by atoms with Crippen molar-refractivity contribution in [2.45, 2.75) is 13.8 Å². The van der Waals surface area contributed by atoms with Gasteiger partial charge in [-0.1, -0.05) is 11.8 Å². The van der Waals surface area contributed by atoms with Crippen LogP contribution >= 0.6 is 11.3 Å². The predicted octanol–water partition coefficient (Wildman–Crippen LogP) is 2.36. The summed E-state index contributed by atoms with van der Waals surface area (Å²) in [5.74, 6) is 5.24. The van der Waals surface area contributed by atoms with Crippen LogP contribution in [0.5, 0.6) is 0 Å². The number of thiazole rings is 1. The molecule has 0 aliphatic carbocycles. The largest absolute Gasteiger partial charge is 0.384 e. The minimum atomic E-state index is -0.191. The molecule has 0 saturated heterocycles. The molecule has 0 spiro atoms. The van der Waals surface area contributed by atoms with Gasteiger partial charge in [-0.05, 0) is 37.6 Å². The number of aryl methyl sites for hydroxylation is 2. The highest BCUT2D eigenvalue weighted by molar-refractivity contribution is 7.13. The molecule has 0 fully saturated rings. The van der Waals surface area contributed by atoms with Gasteiger partial charge in [0.2, 0.25) is 0 Å². The number of aromatic nitrogens is 1. The zero-order valence-corrected chi connectivity index (χ0v) is 12.0. The average molecular weight is 286 g/mol. The van der Waals surface area contributed by atoms with Gasteiger partial charge in [-0.25, -0.2) is 4.98 Å². The zero-order valence-electron chi connectivity index (χ0n) is 11.2. The summed E-state index contributed by atoms with van der Waals surface area (Å²) < 4.78 is 0. The number of hydrogen-bond donors (Lipinski definition) is 2. The Bertz CT molecular complexity index is 695. The van der Waals surface area contributed by atoms with Crippen molar-refractivity contribution in [2.75, 3.05) is 11.9 Å². The van der Waals surface area contributed by atoms with Crippen LogP contribution in [0, 0.1) is 25.7 Å². The first kappa shape index (κ1) is 14.3. The number of rotatable bonds is 2. The predicted molar refractivity (Wildman–Crippen MR) is 79.9 cm³/mol. The standard InChI is InChI=1S/C15H14N2O2S/c1-10-8-13(6-5-12(10)4-3-7-18)14(19)17-15-16-11(2)9-20-15/h5-6,8-9,18H,7H2,1-2H3,(H,16,17,19). The molecule has 0 bridgehead atoms. The molecule has 102 valence electrons. The van der Waals surface area contributed by atoms with E-state index in [1.807, 2.05) is 19.2 Å². The molecule has 2 rings (SSSR count). The molecule has 0 saturated carbocycles. The van der Waals surface area contributed by atoms with Crippen LogP contribution in [0.1, 0.15) is 27.2 Å². The van der Waals surface area contributed by atoms with Crippen LogP contribution in [0.2, 0.25) is 0 Å². The van der Waals surface area contributed by atoms with Gasteiger partial charge in [-0.2, -0.15) is 0 Å². The third kappa shape index (κ3) is 3.44. The summed E-state index contributed by atoms with van der Waals surface area (Å²) in [6.45, 7) is 3.59. The first-order valence-electron chi connectivity index (χ1n) is 6.04. The number of carbonyl (C=O) groups excluding carboxylic acids is 1. The number of aliphatic hydroxyl groups excluding tert-OH is 1. The number of nitrogens with one attached hydrogen (secondary N) is 1. The quantitative estimate of drug-likeness (QED) is 0.833. The van der Waals surface area contributed by atoms with Crippen molar-refractivity contribution < 1.29 is 9.90 Å². The van der Waals surface area contributed by atoms with Crippen LogP contribution in [-0.2, 0) is 0 Å². The van der Waals surface area contributed by atoms with E-state index in [2.05, 4.69) is 22.1 Å². The highest BCUT2D eigenvalue weighted by Crippen LogP contribution is 2.17. The Morgan fingerprint density at radius 3 is 2.85 bits per heavy atom. The van der Waals surface area contributed by atoms with Crippen molar-refractivity contribution in [1.82, 2.24) is 4.98 Å². The summed E-state index contributed by atoms with van der Waals surface area (Å²) >= 11 is 1.40. The Morgan fingerprint density at radius 2 is 2.25 bits per heavy atom. The van der Waals surface area contributed by atoms with E-state index in [1.54, 1.807) is 18.2 Å². The van der Waals surface area contributed by atoms with Crippen LogP contribution in [-0.4, -0.2) is 22.6 Å². The molecule has 0 radical (unpaired) electrons. The lowest BCUT2D eigenvalue weighted by Crippen LogP contribution is -2.12. The zero-order chi connectivity index (χ0) is 14.5. The number of amides is 1. The van der Waals surface area contributed by atoms with E-state index in [0.29, 0.717) is 10.7 Å². The van der Waals surface area contributed by atoms with Gasteiger partial charge in [-0.3, -0.25) is 10.1 Å². The van der Waals surface area contributed by atoms with Gasteiger partial charge < -0.3 is 5.11 Å². The molecule has 0 aliphatic rings. The number of hydrogen-bond acceptors (Lipinski definition) is 4. The molecule has 0 atom stereocenters. The molecule has 1 amide bonds. The van der Waals surface area contributed by atoms with Crippen LogP contribution < -0.4 is 5.32 Å². The minimum absolute atomic E-state index is 0.176. The summed E-state index contributed by atoms with van der Waals surface area (Å²) in [6, 6.07) is 5.27. The van der Waals surface area contributed by atoms with Crippen LogP contribution in [0.3, 0.4) is 0 Å². The molecule has 5 heteroatoms. The van der Waals surface area contributed by atoms with E-state index in [0.717, 1.165) is 16.8 Å². The van der Waals surface area contributed by atoms with E-state index >= 15 is 0 Å². The fourth-order valence-electron chi connectivity index (χ4n) is 1.66. The average Bonchev–Trinajstić information content (AvgIpc) is 2.82. The number of aliphatic hydroxyl groups is 1. The van der Waals surface area contributed by atoms with E-state index in [9.17, 15) is 4.79 Å². The first-order chi connectivity index (χ1) is 9.60. The van der Waals surface area contributed by atoms with Crippen molar-refractivity contribution in [3.8, 4) is 11.8 Å². The molecule has 1 aromatic heterocycles. The van der Waals surface area contributed by atoms with Crippen LogP contribution in [0.15, 0.2) is 23.6 Å². The summed E-state index contributed by atoms with van der Waals surface area (Å²) in [7, 11) is 0. The Hall–Kier alpha value is -2.16. The number of carbonyl (C=O) groups is 1. The molecule has 0 aliphatic heterocycles. The topological polar surface area (TPSA) is 62.2 Å². The number of nitrogens with zero attached hydrogens (tertiary/aromatic N) is 1. The lowest BCUT2D eigenvalue weighted by atomic mass is 10.1. The van der Waals surface area contributed by atoms with E-state index in [4.69, 9.17) is 5.11 Å². The van der Waals surface area contributed by atoms with Crippen molar-refractivity contribution in [1.29, 1.82) is 0 Å². The SMILES string of the molecule is Cc1csc(NC(=O)c2ccc(C#CCO)c(C)c2)n1. The van der Waals surface area contributed by atoms with Crippen molar-refractivity contribution >= 4 is 22.4 Å². The normalized spacial score (nSPS) is 9.75. The molecule has 4 nitrogen and oxygen atoms in total. The Labute approximate surface area is 121 Å². The molecule has 1 heterocycles. The summed E-state index contributed by atoms with van der Waals surface area (Å²) in [4.78, 5) is 16.3. The van der Waals surface area contributed by atoms with E-state index < -0.39 is 0 Å². The molecular weight excluding hydrogens is 272 g/mol. The molecule has 2 aromatic rings. The smallest absolute Gasteiger partial charge is 0.257 e. The Morgan fingerprint density at radius 1 is 1.45 bits per heavy atom. The second kappa shape index (κ2) is 6.33. The maximum atomic E-state index is 12.1. The fourth-order valence-corrected chi connectivity index (χ4v) is 2.34. The summed E-state index contributed by atoms with van der Waals surface area (Å²) in [6.07, 6.45) is 0. The molecule has 20 heavy (non-hydrogen) atoms. The molecule has 1 aromatic carbocycles. The molecular formula is C15H14N2O2S. The minimum Gasteiger partial charge on any atom is -0.384 e. The summed E-state index contributed by atoms with van der Waals surface area (Å²) in [5.41, 5.74) is 3.15. The fraction of sp³-hybridized carbons (Fsp3) is 0.200. The van der Waals surface area contributed by atoms with E-state index in [-0.39, 0.29) is 12.5 Å². The highest BCUT2D eigenvalue weighted by Gasteiger charge is 2.09. The van der Waals surface area contributed by atoms with E-state index in [1.165, 1.54) is 11.3 Å². The van der Waals surface area contributed by atoms with Crippen LogP contribution in [0.25, 0.3) is 0 Å². The van der Waals surface area contributed by atoms with Crippen LogP contribution in [0.4, 0.5) is 5.13 Å². The Balaban J connectivity index is 2.16. The van der Waals surface area contributed by atoms with Crippen molar-refractivity contribution in [3.05, 3.63) is 46.0 Å². The number of anilines is 1. The monoisotopic (exact) mass is 286 g/mol. The number of benzene rings is 1. The van der Waals surface area contributed by atoms with Gasteiger partial charge in [0.25, 0.3) is 5.91 Å².